The summed E-state index contributed by atoms with van der Waals surface area (Å²) in [5, 5.41) is 2.02. The summed E-state index contributed by atoms with van der Waals surface area (Å²) in [5.74, 6) is -0.868. The number of nitrogens with zero attached hydrogens (tertiary/aromatic N) is 3. The number of thiophene rings is 1. The van der Waals surface area contributed by atoms with E-state index in [0.29, 0.717) is 4.88 Å². The molecule has 0 aliphatic heterocycles. The minimum Gasteiger partial charge on any atom is -0.326 e. The average molecular weight is 381 g/mol. The second-order valence-electron chi connectivity index (χ2n) is 5.55. The highest BCUT2D eigenvalue weighted by Gasteiger charge is 2.15. The zero-order chi connectivity index (χ0) is 18.4. The number of imidazole rings is 1. The molecule has 9 heteroatoms. The number of carbonyl (C=O) groups is 3. The van der Waals surface area contributed by atoms with Crippen molar-refractivity contribution in [3.05, 3.63) is 34.8 Å². The molecular weight excluding hydrogens is 362 g/mol. The molecule has 1 unspecified atom stereocenters. The standard InChI is InChI=1S/C16H19N3O4S2/c1-19-10-9-17-16(19)25(2,23)18-15(22)8-6-12(20)5-7-13(21)14-4-3-11-24-14/h3-4,9-11H,5-8H2,1-2H3. The lowest BCUT2D eigenvalue weighted by molar-refractivity contribution is -0.123. The first-order valence-electron chi connectivity index (χ1n) is 7.60. The molecule has 2 aromatic rings. The third kappa shape index (κ3) is 5.43. The molecule has 134 valence electrons. The summed E-state index contributed by atoms with van der Waals surface area (Å²) in [4.78, 5) is 40.1. The van der Waals surface area contributed by atoms with E-state index < -0.39 is 15.6 Å². The lowest BCUT2D eigenvalue weighted by atomic mass is 10.1. The minimum atomic E-state index is -2.94. The zero-order valence-corrected chi connectivity index (χ0v) is 15.6. The van der Waals surface area contributed by atoms with Gasteiger partial charge in [0, 0.05) is 51.4 Å². The number of Topliss-reactive ketones (excluding diaryl/α,β-unsaturated/α-hetero) is 2. The van der Waals surface area contributed by atoms with Gasteiger partial charge in [0.1, 0.15) is 15.5 Å². The van der Waals surface area contributed by atoms with Crippen molar-refractivity contribution in [1.82, 2.24) is 9.55 Å². The van der Waals surface area contributed by atoms with Gasteiger partial charge in [0.25, 0.3) is 5.91 Å². The maximum atomic E-state index is 12.5. The van der Waals surface area contributed by atoms with Crippen LogP contribution in [0, 0.1) is 0 Å². The number of ketones is 2. The Morgan fingerprint density at radius 3 is 2.56 bits per heavy atom. The van der Waals surface area contributed by atoms with Gasteiger partial charge in [-0.3, -0.25) is 14.4 Å². The van der Waals surface area contributed by atoms with Gasteiger partial charge >= 0.3 is 0 Å². The zero-order valence-electron chi connectivity index (χ0n) is 14.0. The SMILES string of the molecule is Cn1ccnc1S(C)(=O)=NC(=O)CCC(=O)CCC(=O)c1cccs1. The van der Waals surface area contributed by atoms with E-state index in [0.717, 1.165) is 0 Å². The third-order valence-electron chi connectivity index (χ3n) is 3.44. The third-order valence-corrected chi connectivity index (χ3v) is 5.97. The van der Waals surface area contributed by atoms with Crippen LogP contribution in [0.1, 0.15) is 35.4 Å². The van der Waals surface area contributed by atoms with Gasteiger partial charge in [-0.2, -0.15) is 4.36 Å². The molecule has 0 spiro atoms. The van der Waals surface area contributed by atoms with Gasteiger partial charge < -0.3 is 4.57 Å². The first-order valence-corrected chi connectivity index (χ1v) is 10.4. The molecule has 0 saturated carbocycles. The molecule has 2 rings (SSSR count). The van der Waals surface area contributed by atoms with Crippen LogP contribution >= 0.6 is 11.3 Å². The smallest absolute Gasteiger partial charge is 0.254 e. The molecule has 0 aliphatic carbocycles. The highest BCUT2D eigenvalue weighted by Crippen LogP contribution is 2.13. The molecule has 0 radical (unpaired) electrons. The fraction of sp³-hybridized carbons (Fsp3) is 0.375. The van der Waals surface area contributed by atoms with Crippen LogP contribution in [0.15, 0.2) is 39.4 Å². The fourth-order valence-electron chi connectivity index (χ4n) is 2.18. The van der Waals surface area contributed by atoms with Gasteiger partial charge in [-0.25, -0.2) is 9.19 Å². The van der Waals surface area contributed by atoms with Crippen LogP contribution in [0.3, 0.4) is 0 Å². The number of rotatable bonds is 8. The molecule has 1 amide bonds. The Bertz CT molecular complexity index is 890. The molecule has 0 fully saturated rings. The van der Waals surface area contributed by atoms with Crippen molar-refractivity contribution in [2.45, 2.75) is 30.8 Å². The van der Waals surface area contributed by atoms with Gasteiger partial charge in [-0.15, -0.1) is 11.3 Å². The highest BCUT2D eigenvalue weighted by molar-refractivity contribution is 7.93. The summed E-state index contributed by atoms with van der Waals surface area (Å²) in [6.45, 7) is 0. The summed E-state index contributed by atoms with van der Waals surface area (Å²) >= 11 is 1.34. The molecule has 7 nitrogen and oxygen atoms in total. The summed E-state index contributed by atoms with van der Waals surface area (Å²) in [7, 11) is -1.27. The van der Waals surface area contributed by atoms with E-state index in [1.807, 2.05) is 0 Å². The monoisotopic (exact) mass is 381 g/mol. The Morgan fingerprint density at radius 1 is 1.24 bits per heavy atom. The second-order valence-corrected chi connectivity index (χ2v) is 8.65. The molecule has 0 N–H and O–H groups in total. The Kier molecular flexibility index (Phi) is 6.38. The van der Waals surface area contributed by atoms with Crippen LogP contribution in [0.2, 0.25) is 0 Å². The highest BCUT2D eigenvalue weighted by atomic mass is 32.2. The van der Waals surface area contributed by atoms with Crippen molar-refractivity contribution in [3.63, 3.8) is 0 Å². The van der Waals surface area contributed by atoms with Crippen LogP contribution in [-0.4, -0.2) is 37.5 Å². The number of carbonyl (C=O) groups excluding carboxylic acids is 3. The summed E-state index contributed by atoms with van der Waals surface area (Å²) in [6.07, 6.45) is 4.51. The summed E-state index contributed by atoms with van der Waals surface area (Å²) < 4.78 is 17.7. The Morgan fingerprint density at radius 2 is 1.96 bits per heavy atom. The number of amides is 1. The van der Waals surface area contributed by atoms with Crippen LogP contribution in [-0.2, 0) is 26.4 Å². The van der Waals surface area contributed by atoms with Crippen LogP contribution in [0.5, 0.6) is 0 Å². The van der Waals surface area contributed by atoms with E-state index in [2.05, 4.69) is 9.35 Å². The normalized spacial score (nSPS) is 13.2. The van der Waals surface area contributed by atoms with Crippen molar-refractivity contribution in [2.24, 2.45) is 11.4 Å². The Labute approximate surface area is 150 Å². The Balaban J connectivity index is 1.84. The van der Waals surface area contributed by atoms with Crippen molar-refractivity contribution >= 4 is 38.5 Å². The van der Waals surface area contributed by atoms with Crippen LogP contribution in [0.25, 0.3) is 0 Å². The molecule has 25 heavy (non-hydrogen) atoms. The van der Waals surface area contributed by atoms with Crippen molar-refractivity contribution in [1.29, 1.82) is 0 Å². The van der Waals surface area contributed by atoms with E-state index >= 15 is 0 Å². The van der Waals surface area contributed by atoms with E-state index in [9.17, 15) is 18.6 Å². The topological polar surface area (TPSA) is 98.5 Å². The molecule has 0 aliphatic rings. The van der Waals surface area contributed by atoms with Crippen molar-refractivity contribution in [2.75, 3.05) is 6.26 Å². The number of aryl methyl sites for hydroxylation is 1. The van der Waals surface area contributed by atoms with Crippen LogP contribution in [0.4, 0.5) is 0 Å². The summed E-state index contributed by atoms with van der Waals surface area (Å²) in [6, 6.07) is 3.50. The van der Waals surface area contributed by atoms with E-state index in [1.165, 1.54) is 23.8 Å². The Hall–Kier alpha value is -2.13. The van der Waals surface area contributed by atoms with Crippen molar-refractivity contribution in [3.8, 4) is 0 Å². The molecule has 2 aromatic heterocycles. The van der Waals surface area contributed by atoms with Gasteiger partial charge in [0.05, 0.1) is 4.88 Å². The molecular formula is C16H19N3O4S2. The number of aromatic nitrogens is 2. The van der Waals surface area contributed by atoms with E-state index in [-0.39, 0.29) is 42.4 Å². The predicted molar refractivity (Wildman–Crippen MR) is 95.1 cm³/mol. The van der Waals surface area contributed by atoms with Crippen molar-refractivity contribution < 1.29 is 18.6 Å². The molecule has 2 heterocycles. The van der Waals surface area contributed by atoms with Crippen LogP contribution < -0.4 is 0 Å². The van der Waals surface area contributed by atoms with Gasteiger partial charge in [0.15, 0.2) is 5.78 Å². The first-order chi connectivity index (χ1) is 11.8. The van der Waals surface area contributed by atoms with Gasteiger partial charge in [-0.1, -0.05) is 6.07 Å². The minimum absolute atomic E-state index is 0.0177. The second kappa shape index (κ2) is 8.30. The molecule has 0 bridgehead atoms. The molecule has 0 saturated heterocycles. The maximum absolute atomic E-state index is 12.5. The largest absolute Gasteiger partial charge is 0.326 e. The lowest BCUT2D eigenvalue weighted by Crippen LogP contribution is -2.10. The lowest BCUT2D eigenvalue weighted by Gasteiger charge is -2.03. The first kappa shape index (κ1) is 19.2. The predicted octanol–water partition coefficient (Wildman–Crippen LogP) is 2.48. The summed E-state index contributed by atoms with van der Waals surface area (Å²) in [5.41, 5.74) is 0. The molecule has 0 aromatic carbocycles. The van der Waals surface area contributed by atoms with E-state index in [1.54, 1.807) is 35.3 Å². The number of hydrogen-bond acceptors (Lipinski definition) is 6. The quantitative estimate of drug-likeness (QED) is 0.654. The van der Waals surface area contributed by atoms with Gasteiger partial charge in [0.2, 0.25) is 5.16 Å². The fourth-order valence-corrected chi connectivity index (χ4v) is 4.29. The average Bonchev–Trinajstić information content (AvgIpc) is 3.21. The number of hydrogen-bond donors (Lipinski definition) is 0. The maximum Gasteiger partial charge on any atom is 0.254 e. The molecule has 1 atom stereocenters. The van der Waals surface area contributed by atoms with Gasteiger partial charge in [-0.05, 0) is 11.4 Å². The van der Waals surface area contributed by atoms with E-state index in [4.69, 9.17) is 0 Å².